The number of amidine groups is 1. The monoisotopic (exact) mass is 362 g/mol. The van der Waals surface area contributed by atoms with E-state index in [1.807, 2.05) is 23.0 Å². The summed E-state index contributed by atoms with van der Waals surface area (Å²) in [6.45, 7) is 7.92. The van der Waals surface area contributed by atoms with Gasteiger partial charge in [-0.25, -0.2) is 18.8 Å². The Labute approximate surface area is 151 Å². The van der Waals surface area contributed by atoms with E-state index in [9.17, 15) is 14.4 Å². The molecule has 0 spiro atoms. The van der Waals surface area contributed by atoms with Crippen LogP contribution in [0.25, 0.3) is 0 Å². The summed E-state index contributed by atoms with van der Waals surface area (Å²) < 4.78 is 8.99. The van der Waals surface area contributed by atoms with E-state index in [1.165, 1.54) is 11.8 Å². The summed E-state index contributed by atoms with van der Waals surface area (Å²) in [5.74, 6) is 0.332. The van der Waals surface area contributed by atoms with Crippen LogP contribution in [-0.2, 0) is 20.9 Å². The zero-order chi connectivity index (χ0) is 19.3. The van der Waals surface area contributed by atoms with Gasteiger partial charge in [-0.05, 0) is 27.7 Å². The number of likely N-dealkylation sites (N-methyl/N-ethyl adjacent to an activating group) is 1. The molecule has 2 aliphatic heterocycles. The molecule has 1 saturated heterocycles. The standard InChI is InChI=1S/C17H24N5O4/c1-9-10(2)21-13-14(18-16(21)20(9)7-8-26-6)19(5)17(25)22(15(13)24)11(3)12(4)23/h11,13H,7-8H2,1-6H3/q+1. The number of imidazole rings is 1. The van der Waals surface area contributed by atoms with Crippen LogP contribution in [0, 0.1) is 13.8 Å². The molecule has 140 valence electrons. The lowest BCUT2D eigenvalue weighted by atomic mass is 10.1. The number of imide groups is 1. The smallest absolute Gasteiger partial charge is 0.381 e. The van der Waals surface area contributed by atoms with Crippen LogP contribution in [0.4, 0.5) is 10.7 Å². The van der Waals surface area contributed by atoms with Crippen molar-refractivity contribution in [2.75, 3.05) is 20.8 Å². The first-order valence-corrected chi connectivity index (χ1v) is 8.52. The van der Waals surface area contributed by atoms with Crippen molar-refractivity contribution >= 4 is 29.5 Å². The Morgan fingerprint density at radius 1 is 1.35 bits per heavy atom. The molecule has 3 heterocycles. The number of carbonyl (C=O) groups excluding carboxylic acids is 3. The van der Waals surface area contributed by atoms with Crippen molar-refractivity contribution < 1.29 is 23.7 Å². The number of Topliss-reactive ketones (excluding diaryl/α,β-unsaturated/α-hetero) is 1. The number of ether oxygens (including phenoxy) is 1. The average molecular weight is 362 g/mol. The molecular formula is C17H24N5O4+. The third-order valence-corrected chi connectivity index (χ3v) is 5.27. The summed E-state index contributed by atoms with van der Waals surface area (Å²) >= 11 is 0. The maximum Gasteiger partial charge on any atom is 0.402 e. The first-order valence-electron chi connectivity index (χ1n) is 8.52. The number of methoxy groups -OCH3 is 1. The number of nitrogens with zero attached hydrogens (tertiary/aromatic N) is 5. The molecule has 9 heteroatoms. The van der Waals surface area contributed by atoms with E-state index in [-0.39, 0.29) is 5.78 Å². The SMILES string of the molecule is COCC[n+]1c(C)c(C)n2c1N=C1C2C(=O)N(C(C)C(C)=O)C(=O)N1C. The van der Waals surface area contributed by atoms with Gasteiger partial charge in [-0.2, -0.15) is 0 Å². The highest BCUT2D eigenvalue weighted by atomic mass is 16.5. The Morgan fingerprint density at radius 3 is 2.58 bits per heavy atom. The number of ketones is 1. The van der Waals surface area contributed by atoms with Crippen LogP contribution in [0.15, 0.2) is 4.99 Å². The van der Waals surface area contributed by atoms with Crippen molar-refractivity contribution in [2.45, 2.75) is 46.3 Å². The van der Waals surface area contributed by atoms with E-state index < -0.39 is 24.0 Å². The number of hydrogen-bond acceptors (Lipinski definition) is 5. The molecule has 3 amide bonds. The second-order valence-electron chi connectivity index (χ2n) is 6.69. The Morgan fingerprint density at radius 2 is 2.00 bits per heavy atom. The summed E-state index contributed by atoms with van der Waals surface area (Å²) in [4.78, 5) is 44.6. The first kappa shape index (κ1) is 18.2. The molecule has 0 aromatic carbocycles. The zero-order valence-corrected chi connectivity index (χ0v) is 15.9. The average Bonchev–Trinajstić information content (AvgIpc) is 3.08. The highest BCUT2D eigenvalue weighted by Crippen LogP contribution is 2.35. The quantitative estimate of drug-likeness (QED) is 0.714. The second kappa shape index (κ2) is 6.31. The van der Waals surface area contributed by atoms with Gasteiger partial charge in [0, 0.05) is 14.2 Å². The minimum absolute atomic E-state index is 0.241. The minimum atomic E-state index is -0.819. The van der Waals surface area contributed by atoms with Crippen LogP contribution in [0.5, 0.6) is 0 Å². The topological polar surface area (TPSA) is 88.1 Å². The van der Waals surface area contributed by atoms with Crippen LogP contribution in [0.1, 0.15) is 31.3 Å². The number of rotatable bonds is 5. The number of hydrogen-bond donors (Lipinski definition) is 0. The summed E-state index contributed by atoms with van der Waals surface area (Å²) in [7, 11) is 3.20. The largest absolute Gasteiger partial charge is 0.402 e. The van der Waals surface area contributed by atoms with Crippen molar-refractivity contribution in [2.24, 2.45) is 4.99 Å². The molecule has 1 aromatic heterocycles. The third kappa shape index (κ3) is 2.38. The van der Waals surface area contributed by atoms with Crippen LogP contribution in [-0.4, -0.2) is 64.7 Å². The number of aliphatic imine (C=N–C) groups is 1. The van der Waals surface area contributed by atoms with Crippen molar-refractivity contribution in [1.29, 1.82) is 0 Å². The lowest BCUT2D eigenvalue weighted by Crippen LogP contribution is -2.61. The fraction of sp³-hybridized carbons (Fsp3) is 0.588. The molecule has 0 bridgehead atoms. The van der Waals surface area contributed by atoms with Gasteiger partial charge in [-0.1, -0.05) is 4.99 Å². The Hall–Kier alpha value is -2.55. The summed E-state index contributed by atoms with van der Waals surface area (Å²) in [6, 6.07) is -2.09. The van der Waals surface area contributed by atoms with Gasteiger partial charge in [0.05, 0.1) is 19.2 Å². The molecule has 0 N–H and O–H groups in total. The van der Waals surface area contributed by atoms with Crippen molar-refractivity contribution in [3.8, 4) is 0 Å². The summed E-state index contributed by atoms with van der Waals surface area (Å²) in [6.07, 6.45) is 0. The van der Waals surface area contributed by atoms with Crippen LogP contribution in [0.3, 0.4) is 0 Å². The maximum absolute atomic E-state index is 13.1. The molecule has 2 aliphatic rings. The fourth-order valence-corrected chi connectivity index (χ4v) is 3.46. The molecule has 9 nitrogen and oxygen atoms in total. The third-order valence-electron chi connectivity index (χ3n) is 5.27. The van der Waals surface area contributed by atoms with Gasteiger partial charge in [0.25, 0.3) is 5.91 Å². The lowest BCUT2D eigenvalue weighted by Gasteiger charge is -2.35. The van der Waals surface area contributed by atoms with Crippen molar-refractivity contribution in [3.63, 3.8) is 0 Å². The van der Waals surface area contributed by atoms with Crippen LogP contribution >= 0.6 is 0 Å². The molecule has 1 aromatic rings. The molecule has 0 saturated carbocycles. The number of fused-ring (bicyclic) bond motifs is 3. The first-order chi connectivity index (χ1) is 12.2. The van der Waals surface area contributed by atoms with Gasteiger partial charge >= 0.3 is 12.0 Å². The molecule has 0 aliphatic carbocycles. The van der Waals surface area contributed by atoms with Crippen LogP contribution in [0.2, 0.25) is 0 Å². The van der Waals surface area contributed by atoms with Gasteiger partial charge in [0.15, 0.2) is 5.78 Å². The molecule has 1 fully saturated rings. The molecule has 26 heavy (non-hydrogen) atoms. The number of aromatic nitrogens is 2. The Bertz CT molecular complexity index is 841. The molecule has 0 radical (unpaired) electrons. The van der Waals surface area contributed by atoms with Crippen LogP contribution < -0.4 is 4.57 Å². The fourth-order valence-electron chi connectivity index (χ4n) is 3.46. The molecule has 3 rings (SSSR count). The predicted molar refractivity (Wildman–Crippen MR) is 92.3 cm³/mol. The molecule has 2 unspecified atom stereocenters. The molecular weight excluding hydrogens is 338 g/mol. The number of amides is 3. The van der Waals surface area contributed by atoms with E-state index in [1.54, 1.807) is 21.1 Å². The van der Waals surface area contributed by atoms with E-state index in [4.69, 9.17) is 4.74 Å². The van der Waals surface area contributed by atoms with E-state index in [2.05, 4.69) is 4.99 Å². The van der Waals surface area contributed by atoms with E-state index >= 15 is 0 Å². The Kier molecular flexibility index (Phi) is 4.43. The molecule has 2 atom stereocenters. The highest BCUT2D eigenvalue weighted by Gasteiger charge is 2.55. The number of urea groups is 1. The van der Waals surface area contributed by atoms with Crippen molar-refractivity contribution in [1.82, 2.24) is 14.4 Å². The van der Waals surface area contributed by atoms with Crippen molar-refractivity contribution in [3.05, 3.63) is 11.4 Å². The van der Waals surface area contributed by atoms with E-state index in [0.29, 0.717) is 24.9 Å². The summed E-state index contributed by atoms with van der Waals surface area (Å²) in [5, 5.41) is 0. The maximum atomic E-state index is 13.1. The lowest BCUT2D eigenvalue weighted by molar-refractivity contribution is -0.690. The summed E-state index contributed by atoms with van der Waals surface area (Å²) in [5.41, 5.74) is 1.88. The predicted octanol–water partition coefficient (Wildman–Crippen LogP) is 0.495. The second-order valence-corrected chi connectivity index (χ2v) is 6.69. The van der Waals surface area contributed by atoms with Gasteiger partial charge in [-0.15, -0.1) is 0 Å². The minimum Gasteiger partial charge on any atom is -0.381 e. The Balaban J connectivity index is 2.12. The zero-order valence-electron chi connectivity index (χ0n) is 15.9. The highest BCUT2D eigenvalue weighted by molar-refractivity contribution is 6.21. The normalized spacial score (nSPS) is 20.2. The number of carbonyl (C=O) groups is 3. The van der Waals surface area contributed by atoms with Gasteiger partial charge in [-0.3, -0.25) is 14.5 Å². The van der Waals surface area contributed by atoms with E-state index in [0.717, 1.165) is 16.3 Å². The van der Waals surface area contributed by atoms with Gasteiger partial charge in [0.2, 0.25) is 11.9 Å². The van der Waals surface area contributed by atoms with Gasteiger partial charge in [0.1, 0.15) is 11.4 Å². The van der Waals surface area contributed by atoms with Gasteiger partial charge < -0.3 is 4.74 Å².